The summed E-state index contributed by atoms with van der Waals surface area (Å²) in [4.78, 5) is 23.2. The zero-order valence-electron chi connectivity index (χ0n) is 15.3. The van der Waals surface area contributed by atoms with Crippen LogP contribution >= 0.6 is 0 Å². The lowest BCUT2D eigenvalue weighted by Crippen LogP contribution is -2.61. The van der Waals surface area contributed by atoms with Crippen molar-refractivity contribution in [2.24, 2.45) is 11.8 Å². The van der Waals surface area contributed by atoms with E-state index in [4.69, 9.17) is 23.7 Å². The van der Waals surface area contributed by atoms with Gasteiger partial charge in [0.15, 0.2) is 6.29 Å². The lowest BCUT2D eigenvalue weighted by molar-refractivity contribution is -0.347. The van der Waals surface area contributed by atoms with E-state index in [0.29, 0.717) is 0 Å². The summed E-state index contributed by atoms with van der Waals surface area (Å²) in [6, 6.07) is 0. The molecule has 28 heavy (non-hydrogen) atoms. The van der Waals surface area contributed by atoms with Gasteiger partial charge in [-0.3, -0.25) is 9.59 Å². The molecule has 0 aromatic heterocycles. The minimum atomic E-state index is -1.61. The number of cyclic esters (lactones) is 1. The normalized spacial score (nSPS) is 43.3. The predicted octanol–water partition coefficient (Wildman–Crippen LogP) is -1.87. The molecular weight excluding hydrogens is 380 g/mol. The topological polar surface area (TPSA) is 161 Å². The van der Waals surface area contributed by atoms with Gasteiger partial charge in [0.1, 0.15) is 42.5 Å². The van der Waals surface area contributed by atoms with Gasteiger partial charge in [-0.05, 0) is 6.92 Å². The van der Waals surface area contributed by atoms with Crippen molar-refractivity contribution in [3.8, 4) is 0 Å². The fourth-order valence-electron chi connectivity index (χ4n) is 3.69. The van der Waals surface area contributed by atoms with E-state index in [1.165, 1.54) is 6.92 Å². The SMILES string of the molecule is CC(=O)OC1=COC(OC2OC(CO)C(O)C(O)C2O)C2C(C)OC(=O)CC12. The van der Waals surface area contributed by atoms with Crippen molar-refractivity contribution in [2.75, 3.05) is 6.61 Å². The van der Waals surface area contributed by atoms with E-state index in [-0.39, 0.29) is 12.2 Å². The van der Waals surface area contributed by atoms with E-state index >= 15 is 0 Å². The van der Waals surface area contributed by atoms with Crippen LogP contribution in [0.4, 0.5) is 0 Å². The Bertz CT molecular complexity index is 633. The number of ether oxygens (including phenoxy) is 5. The molecule has 0 spiro atoms. The zero-order valence-corrected chi connectivity index (χ0v) is 15.3. The number of esters is 2. The molecule has 0 amide bonds. The Labute approximate surface area is 160 Å². The molecule has 0 saturated carbocycles. The number of allylic oxidation sites excluding steroid dienone is 1. The third-order valence-corrected chi connectivity index (χ3v) is 5.09. The summed E-state index contributed by atoms with van der Waals surface area (Å²) in [6.07, 6.45) is -7.95. The van der Waals surface area contributed by atoms with Gasteiger partial charge in [0.25, 0.3) is 0 Å². The highest BCUT2D eigenvalue weighted by Crippen LogP contribution is 2.41. The summed E-state index contributed by atoms with van der Waals surface area (Å²) in [5, 5.41) is 39.2. The Hall–Kier alpha value is -1.76. The number of hydrogen-bond donors (Lipinski definition) is 4. The minimum Gasteiger partial charge on any atom is -0.468 e. The van der Waals surface area contributed by atoms with Crippen molar-refractivity contribution >= 4 is 11.9 Å². The molecule has 0 aromatic carbocycles. The van der Waals surface area contributed by atoms with Crippen molar-refractivity contribution in [3.05, 3.63) is 12.0 Å². The molecule has 0 bridgehead atoms. The van der Waals surface area contributed by atoms with E-state index in [2.05, 4.69) is 0 Å². The van der Waals surface area contributed by atoms with Gasteiger partial charge in [-0.1, -0.05) is 0 Å². The molecule has 9 unspecified atom stereocenters. The van der Waals surface area contributed by atoms with Crippen LogP contribution < -0.4 is 0 Å². The fourth-order valence-corrected chi connectivity index (χ4v) is 3.69. The van der Waals surface area contributed by atoms with E-state index in [0.717, 1.165) is 6.26 Å². The molecule has 11 heteroatoms. The standard InChI is InChI=1S/C17H24O11/c1-6-12-8(3-11(20)25-6)10(26-7(2)19)5-24-16(12)28-17-15(23)14(22)13(21)9(4-18)27-17/h5-6,8-9,12-18,21-23H,3-4H2,1-2H3. The highest BCUT2D eigenvalue weighted by atomic mass is 16.8. The van der Waals surface area contributed by atoms with Gasteiger partial charge in [-0.25, -0.2) is 0 Å². The summed E-state index contributed by atoms with van der Waals surface area (Å²) in [5.74, 6) is -2.04. The number of carbonyl (C=O) groups excluding carboxylic acids is 2. The van der Waals surface area contributed by atoms with Gasteiger partial charge in [-0.2, -0.15) is 0 Å². The molecule has 158 valence electrons. The molecule has 2 fully saturated rings. The summed E-state index contributed by atoms with van der Waals surface area (Å²) in [5.41, 5.74) is 0. The van der Waals surface area contributed by atoms with Crippen molar-refractivity contribution in [3.63, 3.8) is 0 Å². The first kappa shape index (κ1) is 21.0. The second-order valence-corrected chi connectivity index (χ2v) is 7.03. The number of carbonyl (C=O) groups is 2. The molecule has 0 aliphatic carbocycles. The highest BCUT2D eigenvalue weighted by Gasteiger charge is 2.51. The van der Waals surface area contributed by atoms with Crippen LogP contribution in [-0.2, 0) is 33.3 Å². The highest BCUT2D eigenvalue weighted by molar-refractivity contribution is 5.72. The van der Waals surface area contributed by atoms with Crippen LogP contribution in [0.5, 0.6) is 0 Å². The maximum Gasteiger partial charge on any atom is 0.307 e. The Morgan fingerprint density at radius 3 is 2.57 bits per heavy atom. The molecule has 3 aliphatic rings. The van der Waals surface area contributed by atoms with Crippen LogP contribution in [0.25, 0.3) is 0 Å². The molecule has 3 heterocycles. The molecule has 3 rings (SSSR count). The second kappa shape index (κ2) is 8.31. The molecule has 0 radical (unpaired) electrons. The first-order chi connectivity index (χ1) is 13.2. The Balaban J connectivity index is 1.80. The van der Waals surface area contributed by atoms with Gasteiger partial charge in [0.05, 0.1) is 18.9 Å². The quantitative estimate of drug-likeness (QED) is 0.389. The molecule has 11 nitrogen and oxygen atoms in total. The average Bonchev–Trinajstić information content (AvgIpc) is 2.63. The molecule has 9 atom stereocenters. The Morgan fingerprint density at radius 2 is 1.93 bits per heavy atom. The van der Waals surface area contributed by atoms with Gasteiger partial charge in [0, 0.05) is 12.8 Å². The number of hydrogen-bond acceptors (Lipinski definition) is 11. The van der Waals surface area contributed by atoms with Crippen LogP contribution in [0, 0.1) is 11.8 Å². The lowest BCUT2D eigenvalue weighted by atomic mass is 9.80. The van der Waals surface area contributed by atoms with Gasteiger partial charge in [0.2, 0.25) is 6.29 Å². The summed E-state index contributed by atoms with van der Waals surface area (Å²) < 4.78 is 26.9. The van der Waals surface area contributed by atoms with E-state index in [1.807, 2.05) is 0 Å². The fraction of sp³-hybridized carbons (Fsp3) is 0.765. The van der Waals surface area contributed by atoms with Crippen molar-refractivity contribution in [1.82, 2.24) is 0 Å². The summed E-state index contributed by atoms with van der Waals surface area (Å²) in [6.45, 7) is 2.24. The maximum atomic E-state index is 11.8. The minimum absolute atomic E-state index is 0.0635. The van der Waals surface area contributed by atoms with Crippen molar-refractivity contribution in [1.29, 1.82) is 0 Å². The van der Waals surface area contributed by atoms with E-state index in [9.17, 15) is 30.0 Å². The van der Waals surface area contributed by atoms with Gasteiger partial charge < -0.3 is 44.1 Å². The van der Waals surface area contributed by atoms with Crippen LogP contribution in [0.1, 0.15) is 20.3 Å². The zero-order chi connectivity index (χ0) is 20.6. The van der Waals surface area contributed by atoms with Gasteiger partial charge >= 0.3 is 11.9 Å². The van der Waals surface area contributed by atoms with E-state index < -0.39 is 73.5 Å². The molecule has 3 aliphatic heterocycles. The van der Waals surface area contributed by atoms with Crippen LogP contribution in [0.2, 0.25) is 0 Å². The summed E-state index contributed by atoms with van der Waals surface area (Å²) >= 11 is 0. The Morgan fingerprint density at radius 1 is 1.21 bits per heavy atom. The third kappa shape index (κ3) is 4.00. The Kier molecular flexibility index (Phi) is 6.22. The van der Waals surface area contributed by atoms with Crippen LogP contribution in [-0.4, -0.2) is 82.1 Å². The smallest absolute Gasteiger partial charge is 0.307 e. The largest absolute Gasteiger partial charge is 0.468 e. The van der Waals surface area contributed by atoms with Crippen molar-refractivity contribution < 1.29 is 53.7 Å². The van der Waals surface area contributed by atoms with Gasteiger partial charge in [-0.15, -0.1) is 0 Å². The second-order valence-electron chi connectivity index (χ2n) is 7.03. The number of fused-ring (bicyclic) bond motifs is 1. The molecular formula is C17H24O11. The third-order valence-electron chi connectivity index (χ3n) is 5.09. The monoisotopic (exact) mass is 404 g/mol. The van der Waals surface area contributed by atoms with Crippen LogP contribution in [0.15, 0.2) is 12.0 Å². The van der Waals surface area contributed by atoms with Crippen molar-refractivity contribution in [2.45, 2.75) is 63.4 Å². The lowest BCUT2D eigenvalue weighted by Gasteiger charge is -2.45. The molecule has 2 saturated heterocycles. The molecule has 0 aromatic rings. The van der Waals surface area contributed by atoms with Crippen LogP contribution in [0.3, 0.4) is 0 Å². The average molecular weight is 404 g/mol. The summed E-state index contributed by atoms with van der Waals surface area (Å²) in [7, 11) is 0. The predicted molar refractivity (Wildman–Crippen MR) is 86.7 cm³/mol. The number of aliphatic hydroxyl groups is 4. The first-order valence-corrected chi connectivity index (χ1v) is 8.92. The number of rotatable bonds is 4. The van der Waals surface area contributed by atoms with E-state index in [1.54, 1.807) is 6.92 Å². The first-order valence-electron chi connectivity index (χ1n) is 8.92. The molecule has 4 N–H and O–H groups in total. The number of aliphatic hydroxyl groups excluding tert-OH is 4. The maximum absolute atomic E-state index is 11.8.